The number of hydrogen-bond donors (Lipinski definition) is 1. The minimum absolute atomic E-state index is 0.274. The lowest BCUT2D eigenvalue weighted by Crippen LogP contribution is -2.17. The molecule has 20 heavy (non-hydrogen) atoms. The van der Waals surface area contributed by atoms with Crippen molar-refractivity contribution in [1.82, 2.24) is 9.78 Å². The molecule has 6 heteroatoms. The van der Waals surface area contributed by atoms with E-state index >= 15 is 0 Å². The number of halogens is 3. The molecule has 0 aliphatic carbocycles. The van der Waals surface area contributed by atoms with Gasteiger partial charge in [0.1, 0.15) is 5.82 Å². The van der Waals surface area contributed by atoms with E-state index in [-0.39, 0.29) is 11.9 Å². The molecule has 2 N–H and O–H groups in total. The first-order valence-electron chi connectivity index (χ1n) is 6.36. The fourth-order valence-electron chi connectivity index (χ4n) is 2.18. The maximum absolute atomic E-state index is 13.1. The molecular weight excluding hydrogens is 345 g/mol. The SMILES string of the molecule is CCn1nc(C)c(Cl)c1CC(N)c1ccc(F)cc1Br. The normalized spacial score (nSPS) is 12.7. The molecule has 0 aliphatic heterocycles. The number of benzene rings is 1. The lowest BCUT2D eigenvalue weighted by Gasteiger charge is -2.15. The van der Waals surface area contributed by atoms with Crippen LogP contribution in [0.3, 0.4) is 0 Å². The van der Waals surface area contributed by atoms with E-state index in [1.54, 1.807) is 6.07 Å². The molecule has 3 nitrogen and oxygen atoms in total. The second kappa shape index (κ2) is 6.24. The molecular formula is C14H16BrClFN3. The predicted octanol–water partition coefficient (Wildman–Crippen LogP) is 4.01. The van der Waals surface area contributed by atoms with Gasteiger partial charge in [0.15, 0.2) is 0 Å². The van der Waals surface area contributed by atoms with Crippen molar-refractivity contribution in [2.24, 2.45) is 5.73 Å². The molecule has 2 rings (SSSR count). The fraction of sp³-hybridized carbons (Fsp3) is 0.357. The van der Waals surface area contributed by atoms with Crippen LogP contribution in [-0.4, -0.2) is 9.78 Å². The van der Waals surface area contributed by atoms with Crippen LogP contribution in [-0.2, 0) is 13.0 Å². The maximum Gasteiger partial charge on any atom is 0.124 e. The standard InChI is InChI=1S/C14H16BrClFN3/c1-3-20-13(14(16)8(2)19-20)7-12(18)10-5-4-9(17)6-11(10)15/h4-6,12H,3,7,18H2,1-2H3. The van der Waals surface area contributed by atoms with Crippen LogP contribution in [0, 0.1) is 12.7 Å². The van der Waals surface area contributed by atoms with Gasteiger partial charge in [0.2, 0.25) is 0 Å². The molecule has 2 aromatic rings. The molecule has 0 saturated carbocycles. The largest absolute Gasteiger partial charge is 0.324 e. The van der Waals surface area contributed by atoms with Crippen molar-refractivity contribution in [3.05, 3.63) is 50.5 Å². The van der Waals surface area contributed by atoms with Crippen LogP contribution in [0.1, 0.15) is 29.9 Å². The molecule has 1 aromatic carbocycles. The molecule has 0 bridgehead atoms. The van der Waals surface area contributed by atoms with Gasteiger partial charge in [-0.1, -0.05) is 33.6 Å². The van der Waals surface area contributed by atoms with Gasteiger partial charge in [-0.3, -0.25) is 4.68 Å². The van der Waals surface area contributed by atoms with E-state index in [4.69, 9.17) is 17.3 Å². The third-order valence-electron chi connectivity index (χ3n) is 3.23. The zero-order valence-corrected chi connectivity index (χ0v) is 13.7. The summed E-state index contributed by atoms with van der Waals surface area (Å²) in [4.78, 5) is 0. The summed E-state index contributed by atoms with van der Waals surface area (Å²) in [7, 11) is 0. The summed E-state index contributed by atoms with van der Waals surface area (Å²) < 4.78 is 15.6. The highest BCUT2D eigenvalue weighted by Gasteiger charge is 2.18. The third kappa shape index (κ3) is 3.05. The molecule has 1 atom stereocenters. The number of aryl methyl sites for hydroxylation is 2. The highest BCUT2D eigenvalue weighted by atomic mass is 79.9. The summed E-state index contributed by atoms with van der Waals surface area (Å²) in [6.07, 6.45) is 0.553. The minimum Gasteiger partial charge on any atom is -0.324 e. The molecule has 108 valence electrons. The van der Waals surface area contributed by atoms with Gasteiger partial charge in [0, 0.05) is 23.5 Å². The van der Waals surface area contributed by atoms with Gasteiger partial charge in [-0.25, -0.2) is 4.39 Å². The lowest BCUT2D eigenvalue weighted by atomic mass is 10.0. The van der Waals surface area contributed by atoms with Crippen molar-refractivity contribution in [2.75, 3.05) is 0 Å². The summed E-state index contributed by atoms with van der Waals surface area (Å²) in [6, 6.07) is 4.24. The Morgan fingerprint density at radius 3 is 2.80 bits per heavy atom. The number of aromatic nitrogens is 2. The van der Waals surface area contributed by atoms with E-state index < -0.39 is 0 Å². The van der Waals surface area contributed by atoms with E-state index in [1.165, 1.54) is 12.1 Å². The third-order valence-corrected chi connectivity index (χ3v) is 4.41. The zero-order valence-electron chi connectivity index (χ0n) is 11.3. The molecule has 0 amide bonds. The van der Waals surface area contributed by atoms with Crippen molar-refractivity contribution in [3.63, 3.8) is 0 Å². The van der Waals surface area contributed by atoms with Gasteiger partial charge in [-0.2, -0.15) is 5.10 Å². The predicted molar refractivity (Wildman–Crippen MR) is 82.4 cm³/mol. The molecule has 0 spiro atoms. The summed E-state index contributed by atoms with van der Waals surface area (Å²) in [5.74, 6) is -0.291. The Bertz CT molecular complexity index is 627. The lowest BCUT2D eigenvalue weighted by molar-refractivity contribution is 0.584. The second-order valence-corrected chi connectivity index (χ2v) is 5.87. The van der Waals surface area contributed by atoms with E-state index in [9.17, 15) is 4.39 Å². The Kier molecular flexibility index (Phi) is 4.83. The molecule has 1 aromatic heterocycles. The van der Waals surface area contributed by atoms with Gasteiger partial charge in [-0.15, -0.1) is 0 Å². The summed E-state index contributed by atoms with van der Waals surface area (Å²) >= 11 is 9.62. The maximum atomic E-state index is 13.1. The van der Waals surface area contributed by atoms with E-state index in [2.05, 4.69) is 21.0 Å². The van der Waals surface area contributed by atoms with Crippen LogP contribution in [0.4, 0.5) is 4.39 Å². The molecule has 0 fully saturated rings. The van der Waals surface area contributed by atoms with Crippen molar-refractivity contribution in [3.8, 4) is 0 Å². The van der Waals surface area contributed by atoms with Gasteiger partial charge in [-0.05, 0) is 31.5 Å². The number of nitrogens with zero attached hydrogens (tertiary/aromatic N) is 2. The smallest absolute Gasteiger partial charge is 0.124 e. The average molecular weight is 361 g/mol. The molecule has 0 radical (unpaired) electrons. The van der Waals surface area contributed by atoms with Crippen LogP contribution < -0.4 is 5.73 Å². The zero-order chi connectivity index (χ0) is 14.9. The monoisotopic (exact) mass is 359 g/mol. The van der Waals surface area contributed by atoms with E-state index in [0.717, 1.165) is 23.5 Å². The Labute approximate surface area is 131 Å². The van der Waals surface area contributed by atoms with Crippen LogP contribution in [0.15, 0.2) is 22.7 Å². The van der Waals surface area contributed by atoms with Gasteiger partial charge < -0.3 is 5.73 Å². The molecule has 0 aliphatic rings. The highest BCUT2D eigenvalue weighted by Crippen LogP contribution is 2.28. The summed E-state index contributed by atoms with van der Waals surface area (Å²) in [5, 5.41) is 5.02. The highest BCUT2D eigenvalue weighted by molar-refractivity contribution is 9.10. The Morgan fingerprint density at radius 2 is 2.20 bits per heavy atom. The van der Waals surface area contributed by atoms with Gasteiger partial charge >= 0.3 is 0 Å². The van der Waals surface area contributed by atoms with Crippen molar-refractivity contribution < 1.29 is 4.39 Å². The Hall–Kier alpha value is -0.910. The first-order valence-corrected chi connectivity index (χ1v) is 7.53. The van der Waals surface area contributed by atoms with E-state index in [1.807, 2.05) is 18.5 Å². The van der Waals surface area contributed by atoms with Crippen molar-refractivity contribution >= 4 is 27.5 Å². The first-order chi connectivity index (χ1) is 9.43. The Balaban J connectivity index is 2.30. The van der Waals surface area contributed by atoms with Crippen LogP contribution in [0.5, 0.6) is 0 Å². The van der Waals surface area contributed by atoms with Crippen LogP contribution in [0.2, 0.25) is 5.02 Å². The number of hydrogen-bond acceptors (Lipinski definition) is 2. The minimum atomic E-state index is -0.291. The molecule has 1 heterocycles. The van der Waals surface area contributed by atoms with Crippen molar-refractivity contribution in [1.29, 1.82) is 0 Å². The Morgan fingerprint density at radius 1 is 1.50 bits per heavy atom. The number of nitrogens with two attached hydrogens (primary N) is 1. The average Bonchev–Trinajstić information content (AvgIpc) is 2.66. The molecule has 0 saturated heterocycles. The van der Waals surface area contributed by atoms with E-state index in [0.29, 0.717) is 15.9 Å². The summed E-state index contributed by atoms with van der Waals surface area (Å²) in [5.41, 5.74) is 8.79. The number of rotatable bonds is 4. The second-order valence-electron chi connectivity index (χ2n) is 4.64. The summed E-state index contributed by atoms with van der Waals surface area (Å²) in [6.45, 7) is 4.61. The first kappa shape index (κ1) is 15.5. The fourth-order valence-corrected chi connectivity index (χ4v) is 3.04. The van der Waals surface area contributed by atoms with Gasteiger partial charge in [0.05, 0.1) is 16.4 Å². The van der Waals surface area contributed by atoms with Crippen LogP contribution in [0.25, 0.3) is 0 Å². The topological polar surface area (TPSA) is 43.8 Å². The molecule has 1 unspecified atom stereocenters. The van der Waals surface area contributed by atoms with Crippen molar-refractivity contribution in [2.45, 2.75) is 32.9 Å². The quantitative estimate of drug-likeness (QED) is 0.895. The van der Waals surface area contributed by atoms with Crippen LogP contribution >= 0.6 is 27.5 Å². The van der Waals surface area contributed by atoms with Gasteiger partial charge in [0.25, 0.3) is 0 Å².